The van der Waals surface area contributed by atoms with Crippen molar-refractivity contribution in [3.05, 3.63) is 64.4 Å². The molecule has 0 atom stereocenters. The molecule has 140 valence electrons. The summed E-state index contributed by atoms with van der Waals surface area (Å²) in [4.78, 5) is 30.0. The fourth-order valence-electron chi connectivity index (χ4n) is 2.72. The molecule has 0 bridgehead atoms. The summed E-state index contributed by atoms with van der Waals surface area (Å²) >= 11 is 1.26. The standard InChI is InChI=1S/C21H23N3O2S/c1-14-9-11-15(12-10-14)24-19(26)16-7-5-6-8-17(16)22-20(24)27-13-18(25)23-21(2,3)4/h5-12H,13H2,1-4H3,(H,23,25). The minimum absolute atomic E-state index is 0.0923. The molecule has 0 aliphatic heterocycles. The number of nitrogens with one attached hydrogen (secondary N) is 1. The second-order valence-electron chi connectivity index (χ2n) is 7.47. The van der Waals surface area contributed by atoms with Gasteiger partial charge in [0.1, 0.15) is 0 Å². The molecular weight excluding hydrogens is 358 g/mol. The van der Waals surface area contributed by atoms with Crippen LogP contribution in [-0.4, -0.2) is 26.8 Å². The molecule has 1 heterocycles. The first-order chi connectivity index (χ1) is 12.7. The molecule has 2 aromatic carbocycles. The molecule has 0 spiro atoms. The SMILES string of the molecule is Cc1ccc(-n2c(SCC(=O)NC(C)(C)C)nc3ccccc3c2=O)cc1. The number of aryl methyl sites for hydroxylation is 1. The monoisotopic (exact) mass is 381 g/mol. The molecule has 0 fully saturated rings. The van der Waals surface area contributed by atoms with Crippen LogP contribution in [0.25, 0.3) is 16.6 Å². The number of amides is 1. The molecule has 0 saturated carbocycles. The highest BCUT2D eigenvalue weighted by Crippen LogP contribution is 2.21. The van der Waals surface area contributed by atoms with E-state index < -0.39 is 0 Å². The number of hydrogen-bond acceptors (Lipinski definition) is 4. The van der Waals surface area contributed by atoms with Gasteiger partial charge in [0, 0.05) is 5.54 Å². The lowest BCUT2D eigenvalue weighted by atomic mass is 10.1. The molecular formula is C21H23N3O2S. The topological polar surface area (TPSA) is 64.0 Å². The van der Waals surface area contributed by atoms with E-state index in [2.05, 4.69) is 10.3 Å². The fourth-order valence-corrected chi connectivity index (χ4v) is 3.53. The number of para-hydroxylation sites is 1. The van der Waals surface area contributed by atoms with E-state index in [0.717, 1.165) is 11.3 Å². The van der Waals surface area contributed by atoms with E-state index in [4.69, 9.17) is 0 Å². The van der Waals surface area contributed by atoms with Crippen molar-refractivity contribution in [3.63, 3.8) is 0 Å². The highest BCUT2D eigenvalue weighted by Gasteiger charge is 2.17. The highest BCUT2D eigenvalue weighted by molar-refractivity contribution is 7.99. The summed E-state index contributed by atoms with van der Waals surface area (Å²) in [6.07, 6.45) is 0. The van der Waals surface area contributed by atoms with E-state index in [0.29, 0.717) is 16.1 Å². The van der Waals surface area contributed by atoms with Gasteiger partial charge < -0.3 is 5.32 Å². The minimum atomic E-state index is -0.301. The Balaban J connectivity index is 2.04. The van der Waals surface area contributed by atoms with Crippen LogP contribution in [-0.2, 0) is 4.79 Å². The normalized spacial score (nSPS) is 11.6. The predicted molar refractivity (Wildman–Crippen MR) is 111 cm³/mol. The Morgan fingerprint density at radius 3 is 2.44 bits per heavy atom. The van der Waals surface area contributed by atoms with Crippen molar-refractivity contribution in [1.29, 1.82) is 0 Å². The third kappa shape index (κ3) is 4.57. The van der Waals surface area contributed by atoms with Gasteiger partial charge >= 0.3 is 0 Å². The zero-order valence-corrected chi connectivity index (χ0v) is 16.8. The van der Waals surface area contributed by atoms with Crippen molar-refractivity contribution < 1.29 is 4.79 Å². The number of carbonyl (C=O) groups excluding carboxylic acids is 1. The van der Waals surface area contributed by atoms with E-state index in [-0.39, 0.29) is 22.8 Å². The van der Waals surface area contributed by atoms with Crippen LogP contribution < -0.4 is 10.9 Å². The van der Waals surface area contributed by atoms with Crippen LogP contribution in [0.5, 0.6) is 0 Å². The summed E-state index contributed by atoms with van der Waals surface area (Å²) in [5, 5.41) is 4.00. The summed E-state index contributed by atoms with van der Waals surface area (Å²) < 4.78 is 1.58. The second-order valence-corrected chi connectivity index (χ2v) is 8.42. The number of carbonyl (C=O) groups is 1. The average Bonchev–Trinajstić information content (AvgIpc) is 2.60. The van der Waals surface area contributed by atoms with Gasteiger partial charge in [0.15, 0.2) is 5.16 Å². The van der Waals surface area contributed by atoms with Crippen LogP contribution in [0.3, 0.4) is 0 Å². The number of nitrogens with zero attached hydrogens (tertiary/aromatic N) is 2. The third-order valence-electron chi connectivity index (χ3n) is 3.88. The summed E-state index contributed by atoms with van der Waals surface area (Å²) in [7, 11) is 0. The van der Waals surface area contributed by atoms with Gasteiger partial charge in [0.2, 0.25) is 5.91 Å². The van der Waals surface area contributed by atoms with Crippen molar-refractivity contribution in [1.82, 2.24) is 14.9 Å². The molecule has 3 rings (SSSR count). The Labute approximate surface area is 162 Å². The maximum absolute atomic E-state index is 13.1. The van der Waals surface area contributed by atoms with E-state index in [1.165, 1.54) is 11.8 Å². The summed E-state index contributed by atoms with van der Waals surface area (Å²) in [5.41, 5.74) is 2.04. The van der Waals surface area contributed by atoms with Crippen LogP contribution in [0.15, 0.2) is 58.5 Å². The molecule has 0 aliphatic carbocycles. The maximum Gasteiger partial charge on any atom is 0.266 e. The lowest BCUT2D eigenvalue weighted by Crippen LogP contribution is -2.41. The zero-order valence-electron chi connectivity index (χ0n) is 15.9. The molecule has 0 saturated heterocycles. The van der Waals surface area contributed by atoms with E-state index in [9.17, 15) is 9.59 Å². The summed E-state index contributed by atoms with van der Waals surface area (Å²) in [5.74, 6) is 0.0961. The van der Waals surface area contributed by atoms with Gasteiger partial charge in [0.05, 0.1) is 22.3 Å². The van der Waals surface area contributed by atoms with E-state index in [1.54, 1.807) is 10.6 Å². The van der Waals surface area contributed by atoms with E-state index >= 15 is 0 Å². The molecule has 0 radical (unpaired) electrons. The number of hydrogen-bond donors (Lipinski definition) is 1. The number of aromatic nitrogens is 2. The van der Waals surface area contributed by atoms with Gasteiger partial charge in [-0.15, -0.1) is 0 Å². The van der Waals surface area contributed by atoms with Crippen molar-refractivity contribution in [2.24, 2.45) is 0 Å². The molecule has 6 heteroatoms. The minimum Gasteiger partial charge on any atom is -0.351 e. The van der Waals surface area contributed by atoms with E-state index in [1.807, 2.05) is 70.2 Å². The Morgan fingerprint density at radius 1 is 1.11 bits per heavy atom. The van der Waals surface area contributed by atoms with Crippen LogP contribution in [0, 0.1) is 6.92 Å². The van der Waals surface area contributed by atoms with Gasteiger partial charge in [0.25, 0.3) is 5.56 Å². The van der Waals surface area contributed by atoms with Crippen molar-refractivity contribution >= 4 is 28.6 Å². The Kier molecular flexibility index (Phi) is 5.37. The van der Waals surface area contributed by atoms with Crippen molar-refractivity contribution in [2.75, 3.05) is 5.75 Å². The number of benzene rings is 2. The fraction of sp³-hybridized carbons (Fsp3) is 0.286. The number of fused-ring (bicyclic) bond motifs is 1. The van der Waals surface area contributed by atoms with Crippen LogP contribution >= 0.6 is 11.8 Å². The maximum atomic E-state index is 13.1. The molecule has 1 N–H and O–H groups in total. The molecule has 1 aromatic heterocycles. The lowest BCUT2D eigenvalue weighted by molar-refractivity contribution is -0.119. The summed E-state index contributed by atoms with van der Waals surface area (Å²) in [6.45, 7) is 7.81. The first-order valence-corrected chi connectivity index (χ1v) is 9.76. The van der Waals surface area contributed by atoms with Gasteiger partial charge in [-0.3, -0.25) is 14.2 Å². The first kappa shape index (κ1) is 19.2. The quantitative estimate of drug-likeness (QED) is 0.553. The van der Waals surface area contributed by atoms with Crippen LogP contribution in [0.4, 0.5) is 0 Å². The largest absolute Gasteiger partial charge is 0.351 e. The zero-order chi connectivity index (χ0) is 19.6. The van der Waals surface area contributed by atoms with Gasteiger partial charge in [-0.2, -0.15) is 0 Å². The second kappa shape index (κ2) is 7.56. The lowest BCUT2D eigenvalue weighted by Gasteiger charge is -2.20. The molecule has 5 nitrogen and oxygen atoms in total. The summed E-state index contributed by atoms with van der Waals surface area (Å²) in [6, 6.07) is 15.0. The van der Waals surface area contributed by atoms with Crippen LogP contribution in [0.2, 0.25) is 0 Å². The molecule has 27 heavy (non-hydrogen) atoms. The highest BCUT2D eigenvalue weighted by atomic mass is 32.2. The smallest absolute Gasteiger partial charge is 0.266 e. The third-order valence-corrected chi connectivity index (χ3v) is 4.82. The van der Waals surface area contributed by atoms with Crippen molar-refractivity contribution in [2.45, 2.75) is 38.4 Å². The molecule has 0 unspecified atom stereocenters. The van der Waals surface area contributed by atoms with Gasteiger partial charge in [-0.25, -0.2) is 4.98 Å². The number of rotatable bonds is 4. The predicted octanol–water partition coefficient (Wildman–Crippen LogP) is 3.70. The Bertz CT molecular complexity index is 1030. The Hall–Kier alpha value is -2.60. The number of thioether (sulfide) groups is 1. The van der Waals surface area contributed by atoms with Gasteiger partial charge in [-0.05, 0) is 52.0 Å². The van der Waals surface area contributed by atoms with Crippen LogP contribution in [0.1, 0.15) is 26.3 Å². The average molecular weight is 382 g/mol. The molecule has 1 amide bonds. The first-order valence-electron chi connectivity index (χ1n) is 8.77. The molecule has 3 aromatic rings. The van der Waals surface area contributed by atoms with Gasteiger partial charge in [-0.1, -0.05) is 41.6 Å². The van der Waals surface area contributed by atoms with Crippen molar-refractivity contribution in [3.8, 4) is 5.69 Å². The Morgan fingerprint density at radius 2 is 1.78 bits per heavy atom. The molecule has 0 aliphatic rings.